The largest absolute Gasteiger partial charge is 0.416 e. The zero-order valence-electron chi connectivity index (χ0n) is 22.3. The van der Waals surface area contributed by atoms with Crippen LogP contribution in [0.1, 0.15) is 17.5 Å². The number of nitrogens with two attached hydrogens (primary N) is 3. The Kier molecular flexibility index (Phi) is 10.9. The van der Waals surface area contributed by atoms with E-state index in [1.807, 2.05) is 0 Å². The molecule has 3 rings (SSSR count). The van der Waals surface area contributed by atoms with Gasteiger partial charge in [0.1, 0.15) is 5.71 Å². The number of amides is 3. The number of fused-ring (bicyclic) bond motifs is 1. The summed E-state index contributed by atoms with van der Waals surface area (Å²) in [5.41, 5.74) is 16.3. The summed E-state index contributed by atoms with van der Waals surface area (Å²) >= 11 is 0. The van der Waals surface area contributed by atoms with Gasteiger partial charge in [-0.25, -0.2) is 0 Å². The molecule has 0 saturated heterocycles. The Morgan fingerprint density at radius 1 is 1.00 bits per heavy atom. The molecule has 2 atom stereocenters. The fraction of sp³-hybridized carbons (Fsp3) is 0.296. The maximum absolute atomic E-state index is 13.4. The predicted octanol–water partition coefficient (Wildman–Crippen LogP) is 1.02. The standard InChI is InChI=1S/C27H31F3N8O4/c28-27(29,30)18-7-5-16(6-8-18)23(37-42)24(26(41)35-19-13-17-3-1-2-4-21(17)34-15-19)36-25(40)20(33)14-22(39)38(11-9-31)12-10-32/h1-8,13,15,20,24,42H,9-12,14,31-33H2,(H,35,41)(H,36,40)/t20-,24-/m0/s1. The van der Waals surface area contributed by atoms with E-state index in [1.54, 1.807) is 30.3 Å². The number of nitrogens with one attached hydrogen (secondary N) is 2. The first-order valence-electron chi connectivity index (χ1n) is 12.8. The Bertz CT molecular complexity index is 1430. The summed E-state index contributed by atoms with van der Waals surface area (Å²) in [4.78, 5) is 44.7. The molecule has 1 aromatic heterocycles. The van der Waals surface area contributed by atoms with Crippen molar-refractivity contribution in [3.8, 4) is 0 Å². The number of alkyl halides is 3. The average molecular weight is 589 g/mol. The van der Waals surface area contributed by atoms with Crippen molar-refractivity contribution in [2.24, 2.45) is 22.4 Å². The zero-order chi connectivity index (χ0) is 30.9. The molecule has 9 N–H and O–H groups in total. The molecule has 0 saturated carbocycles. The van der Waals surface area contributed by atoms with Crippen molar-refractivity contribution in [2.45, 2.75) is 24.7 Å². The van der Waals surface area contributed by atoms with Gasteiger partial charge in [0.05, 0.1) is 35.4 Å². The highest BCUT2D eigenvalue weighted by molar-refractivity contribution is 6.20. The molecule has 0 fully saturated rings. The van der Waals surface area contributed by atoms with Gasteiger partial charge in [-0.05, 0) is 24.3 Å². The van der Waals surface area contributed by atoms with Crippen molar-refractivity contribution in [3.63, 3.8) is 0 Å². The molecular formula is C27H31F3N8O4. The van der Waals surface area contributed by atoms with Crippen LogP contribution in [0, 0.1) is 0 Å². The number of carbonyl (C=O) groups is 3. The number of pyridine rings is 1. The first-order valence-corrected chi connectivity index (χ1v) is 12.8. The molecule has 0 aliphatic carbocycles. The number of halogens is 3. The van der Waals surface area contributed by atoms with E-state index in [-0.39, 0.29) is 37.4 Å². The Hall–Kier alpha value is -4.60. The van der Waals surface area contributed by atoms with Crippen molar-refractivity contribution >= 4 is 40.0 Å². The topological polar surface area (TPSA) is 202 Å². The molecule has 0 bridgehead atoms. The van der Waals surface area contributed by atoms with Gasteiger partial charge in [-0.2, -0.15) is 13.2 Å². The number of hydrogen-bond donors (Lipinski definition) is 6. The van der Waals surface area contributed by atoms with E-state index in [0.29, 0.717) is 10.9 Å². The normalized spacial score (nSPS) is 13.3. The van der Waals surface area contributed by atoms with Crippen LogP contribution in [-0.4, -0.2) is 76.8 Å². The SMILES string of the molecule is NCCN(CCN)C(=O)C[C@H](N)C(=O)N[C@H](C(=O)Nc1cnc2ccccc2c1)C(=NO)c1ccc(C(F)(F)F)cc1. The highest BCUT2D eigenvalue weighted by atomic mass is 19.4. The molecule has 1 heterocycles. The van der Waals surface area contributed by atoms with Gasteiger partial charge >= 0.3 is 6.18 Å². The number of para-hydroxylation sites is 1. The Morgan fingerprint density at radius 2 is 1.64 bits per heavy atom. The minimum atomic E-state index is -4.63. The van der Waals surface area contributed by atoms with Crippen molar-refractivity contribution in [1.29, 1.82) is 0 Å². The minimum absolute atomic E-state index is 0.0932. The summed E-state index contributed by atoms with van der Waals surface area (Å²) in [5, 5.41) is 18.5. The molecule has 224 valence electrons. The number of oxime groups is 1. The average Bonchev–Trinajstić information content (AvgIpc) is 2.96. The van der Waals surface area contributed by atoms with E-state index in [9.17, 15) is 32.8 Å². The van der Waals surface area contributed by atoms with Gasteiger partial charge in [-0.1, -0.05) is 35.5 Å². The third-order valence-electron chi connectivity index (χ3n) is 6.18. The summed E-state index contributed by atoms with van der Waals surface area (Å²) in [5.74, 6) is -2.39. The zero-order valence-corrected chi connectivity index (χ0v) is 22.3. The van der Waals surface area contributed by atoms with Gasteiger partial charge in [0, 0.05) is 37.1 Å². The Morgan fingerprint density at radius 3 is 2.24 bits per heavy atom. The van der Waals surface area contributed by atoms with Crippen LogP contribution in [-0.2, 0) is 20.6 Å². The second-order valence-electron chi connectivity index (χ2n) is 9.18. The molecule has 12 nitrogen and oxygen atoms in total. The Labute approximate surface area is 238 Å². The van der Waals surface area contributed by atoms with E-state index in [4.69, 9.17) is 17.2 Å². The molecule has 0 aliphatic rings. The third kappa shape index (κ3) is 8.22. The highest BCUT2D eigenvalue weighted by Gasteiger charge is 2.33. The molecular weight excluding hydrogens is 557 g/mol. The summed E-state index contributed by atoms with van der Waals surface area (Å²) in [6, 6.07) is 8.95. The van der Waals surface area contributed by atoms with Crippen molar-refractivity contribution in [1.82, 2.24) is 15.2 Å². The van der Waals surface area contributed by atoms with Crippen LogP contribution in [0.5, 0.6) is 0 Å². The van der Waals surface area contributed by atoms with Crippen molar-refractivity contribution in [3.05, 3.63) is 71.9 Å². The van der Waals surface area contributed by atoms with Crippen LogP contribution in [0.2, 0.25) is 0 Å². The number of nitrogens with zero attached hydrogens (tertiary/aromatic N) is 3. The first-order chi connectivity index (χ1) is 20.0. The van der Waals surface area contributed by atoms with E-state index >= 15 is 0 Å². The summed E-state index contributed by atoms with van der Waals surface area (Å²) < 4.78 is 39.3. The lowest BCUT2D eigenvalue weighted by Gasteiger charge is -2.24. The maximum Gasteiger partial charge on any atom is 0.416 e. The number of anilines is 1. The number of aromatic nitrogens is 1. The van der Waals surface area contributed by atoms with Crippen molar-refractivity contribution in [2.75, 3.05) is 31.5 Å². The second-order valence-corrected chi connectivity index (χ2v) is 9.18. The third-order valence-corrected chi connectivity index (χ3v) is 6.18. The molecule has 2 aromatic carbocycles. The molecule has 0 spiro atoms. The van der Waals surface area contributed by atoms with Gasteiger partial charge in [0.25, 0.3) is 5.91 Å². The number of benzene rings is 2. The van der Waals surface area contributed by atoms with Gasteiger partial charge in [-0.3, -0.25) is 19.4 Å². The molecule has 0 aliphatic heterocycles. The summed E-state index contributed by atoms with van der Waals surface area (Å²) in [7, 11) is 0. The number of carbonyl (C=O) groups excluding carboxylic acids is 3. The number of hydrogen-bond acceptors (Lipinski definition) is 9. The molecule has 0 radical (unpaired) electrons. The van der Waals surface area contributed by atoms with Crippen LogP contribution < -0.4 is 27.8 Å². The van der Waals surface area contributed by atoms with Crippen molar-refractivity contribution < 1.29 is 32.8 Å². The van der Waals surface area contributed by atoms with Crippen LogP contribution >= 0.6 is 0 Å². The van der Waals surface area contributed by atoms with Gasteiger partial charge in [0.15, 0.2) is 6.04 Å². The second kappa shape index (κ2) is 14.3. The first kappa shape index (κ1) is 31.9. The molecule has 42 heavy (non-hydrogen) atoms. The van der Waals surface area contributed by atoms with Gasteiger partial charge in [-0.15, -0.1) is 0 Å². The highest BCUT2D eigenvalue weighted by Crippen LogP contribution is 2.29. The van der Waals surface area contributed by atoms with E-state index in [1.165, 1.54) is 11.1 Å². The maximum atomic E-state index is 13.4. The molecule has 3 amide bonds. The van der Waals surface area contributed by atoms with Crippen LogP contribution in [0.4, 0.5) is 18.9 Å². The fourth-order valence-electron chi connectivity index (χ4n) is 4.06. The fourth-order valence-corrected chi connectivity index (χ4v) is 4.06. The lowest BCUT2D eigenvalue weighted by atomic mass is 10.00. The summed E-state index contributed by atoms with van der Waals surface area (Å²) in [6.07, 6.45) is -3.73. The smallest absolute Gasteiger partial charge is 0.411 e. The van der Waals surface area contributed by atoms with Crippen LogP contribution in [0.25, 0.3) is 10.9 Å². The lowest BCUT2D eigenvalue weighted by Crippen LogP contribution is -2.54. The predicted molar refractivity (Wildman–Crippen MR) is 149 cm³/mol. The van der Waals surface area contributed by atoms with E-state index in [0.717, 1.165) is 24.3 Å². The Balaban J connectivity index is 1.89. The van der Waals surface area contributed by atoms with E-state index in [2.05, 4.69) is 20.8 Å². The quantitative estimate of drug-likeness (QED) is 0.102. The van der Waals surface area contributed by atoms with Crippen LogP contribution in [0.15, 0.2) is 65.9 Å². The van der Waals surface area contributed by atoms with Gasteiger partial charge < -0.3 is 37.9 Å². The van der Waals surface area contributed by atoms with Gasteiger partial charge in [0.2, 0.25) is 11.8 Å². The monoisotopic (exact) mass is 588 g/mol. The molecule has 15 heteroatoms. The lowest BCUT2D eigenvalue weighted by molar-refractivity contribution is -0.137. The minimum Gasteiger partial charge on any atom is -0.411 e. The summed E-state index contributed by atoms with van der Waals surface area (Å²) in [6.45, 7) is 0.680. The van der Waals surface area contributed by atoms with Crippen LogP contribution in [0.3, 0.4) is 0 Å². The molecule has 3 aromatic rings. The van der Waals surface area contributed by atoms with E-state index < -0.39 is 53.7 Å². The molecule has 0 unspecified atom stereocenters. The number of rotatable bonds is 12.